The van der Waals surface area contributed by atoms with E-state index in [-0.39, 0.29) is 23.8 Å². The summed E-state index contributed by atoms with van der Waals surface area (Å²) < 4.78 is 26.7. The maximum atomic E-state index is 13.8. The zero-order valence-corrected chi connectivity index (χ0v) is 13.0. The number of nitrogens with one attached hydrogen (secondary N) is 2. The van der Waals surface area contributed by atoms with Gasteiger partial charge in [0.05, 0.1) is 12.0 Å². The first-order valence-corrected chi connectivity index (χ1v) is 7.60. The summed E-state index contributed by atoms with van der Waals surface area (Å²) in [5.41, 5.74) is 1.68. The van der Waals surface area contributed by atoms with Gasteiger partial charge in [-0.25, -0.2) is 8.78 Å². The summed E-state index contributed by atoms with van der Waals surface area (Å²) in [6, 6.07) is 9.78. The van der Waals surface area contributed by atoms with E-state index in [4.69, 9.17) is 0 Å². The molecular formula is C18H16F2N2O2. The molecule has 2 atom stereocenters. The number of carbonyl (C=O) groups excluding carboxylic acids is 2. The van der Waals surface area contributed by atoms with Crippen LogP contribution in [-0.2, 0) is 9.59 Å². The smallest absolute Gasteiger partial charge is 0.232 e. The van der Waals surface area contributed by atoms with E-state index in [1.807, 2.05) is 0 Å². The highest BCUT2D eigenvalue weighted by molar-refractivity contribution is 6.04. The predicted octanol–water partition coefficient (Wildman–Crippen LogP) is 3.27. The average Bonchev–Trinajstić information content (AvgIpc) is 2.83. The van der Waals surface area contributed by atoms with Crippen molar-refractivity contribution in [2.24, 2.45) is 0 Å². The van der Waals surface area contributed by atoms with Crippen molar-refractivity contribution >= 4 is 17.5 Å². The van der Waals surface area contributed by atoms with Gasteiger partial charge in [0.1, 0.15) is 11.6 Å². The molecule has 1 aliphatic heterocycles. The SMILES string of the molecule is C[C@@H](NC(=O)C[C@@H]1C(=O)Nc2ccccc21)c1ccc(F)cc1F. The summed E-state index contributed by atoms with van der Waals surface area (Å²) >= 11 is 0. The number of fused-ring (bicyclic) bond motifs is 1. The first kappa shape index (κ1) is 16.1. The maximum absolute atomic E-state index is 13.8. The van der Waals surface area contributed by atoms with Crippen LogP contribution in [0.5, 0.6) is 0 Å². The normalized spacial score (nSPS) is 17.1. The van der Waals surface area contributed by atoms with Gasteiger partial charge < -0.3 is 10.6 Å². The van der Waals surface area contributed by atoms with Gasteiger partial charge >= 0.3 is 0 Å². The molecule has 2 aromatic rings. The number of rotatable bonds is 4. The third-order valence-corrected chi connectivity index (χ3v) is 4.11. The zero-order valence-electron chi connectivity index (χ0n) is 13.0. The number of benzene rings is 2. The molecule has 2 aromatic carbocycles. The second-order valence-electron chi connectivity index (χ2n) is 5.79. The van der Waals surface area contributed by atoms with Crippen molar-refractivity contribution in [2.75, 3.05) is 5.32 Å². The lowest BCUT2D eigenvalue weighted by molar-refractivity contribution is -0.125. The lowest BCUT2D eigenvalue weighted by Gasteiger charge is -2.16. The van der Waals surface area contributed by atoms with Gasteiger partial charge in [-0.15, -0.1) is 0 Å². The van der Waals surface area contributed by atoms with Crippen LogP contribution in [0.25, 0.3) is 0 Å². The molecule has 1 heterocycles. The van der Waals surface area contributed by atoms with Gasteiger partial charge in [-0.2, -0.15) is 0 Å². The monoisotopic (exact) mass is 330 g/mol. The minimum Gasteiger partial charge on any atom is -0.349 e. The number of amides is 2. The summed E-state index contributed by atoms with van der Waals surface area (Å²) in [7, 11) is 0. The summed E-state index contributed by atoms with van der Waals surface area (Å²) in [6.07, 6.45) is -0.0317. The van der Waals surface area contributed by atoms with Gasteiger partial charge in [-0.05, 0) is 24.6 Å². The summed E-state index contributed by atoms with van der Waals surface area (Å²) in [4.78, 5) is 24.3. The van der Waals surface area contributed by atoms with Crippen molar-refractivity contribution in [1.29, 1.82) is 0 Å². The number of hydrogen-bond acceptors (Lipinski definition) is 2. The van der Waals surface area contributed by atoms with E-state index in [0.29, 0.717) is 5.69 Å². The summed E-state index contributed by atoms with van der Waals surface area (Å²) in [5, 5.41) is 5.39. The van der Waals surface area contributed by atoms with Gasteiger partial charge in [0.2, 0.25) is 11.8 Å². The van der Waals surface area contributed by atoms with Crippen LogP contribution in [-0.4, -0.2) is 11.8 Å². The second-order valence-corrected chi connectivity index (χ2v) is 5.79. The predicted molar refractivity (Wildman–Crippen MR) is 85.3 cm³/mol. The standard InChI is InChI=1S/C18H16F2N2O2/c1-10(12-7-6-11(19)8-15(12)20)21-17(23)9-14-13-4-2-3-5-16(13)22-18(14)24/h2-8,10,14H,9H2,1H3,(H,21,23)(H,22,24)/t10-,14+/m1/s1. The van der Waals surface area contributed by atoms with E-state index >= 15 is 0 Å². The minimum absolute atomic E-state index is 0.0317. The van der Waals surface area contributed by atoms with Crippen LogP contribution in [0.1, 0.15) is 36.4 Å². The first-order valence-electron chi connectivity index (χ1n) is 7.60. The fourth-order valence-electron chi connectivity index (χ4n) is 2.89. The van der Waals surface area contributed by atoms with Gasteiger partial charge in [0.15, 0.2) is 0 Å². The van der Waals surface area contributed by atoms with Crippen molar-refractivity contribution in [3.63, 3.8) is 0 Å². The molecule has 0 radical (unpaired) electrons. The van der Waals surface area contributed by atoms with Crippen LogP contribution in [0.2, 0.25) is 0 Å². The highest BCUT2D eigenvalue weighted by Crippen LogP contribution is 2.34. The topological polar surface area (TPSA) is 58.2 Å². The van der Waals surface area contributed by atoms with Gasteiger partial charge in [0, 0.05) is 23.7 Å². The quantitative estimate of drug-likeness (QED) is 0.904. The average molecular weight is 330 g/mol. The van der Waals surface area contributed by atoms with Crippen LogP contribution < -0.4 is 10.6 Å². The van der Waals surface area contributed by atoms with Gasteiger partial charge in [0.25, 0.3) is 0 Å². The molecule has 0 aliphatic carbocycles. The lowest BCUT2D eigenvalue weighted by Crippen LogP contribution is -2.29. The molecule has 0 aromatic heterocycles. The molecule has 0 saturated carbocycles. The third kappa shape index (κ3) is 3.13. The minimum atomic E-state index is -0.716. The van der Waals surface area contributed by atoms with E-state index in [1.54, 1.807) is 31.2 Å². The highest BCUT2D eigenvalue weighted by Gasteiger charge is 2.32. The van der Waals surface area contributed by atoms with E-state index in [2.05, 4.69) is 10.6 Å². The highest BCUT2D eigenvalue weighted by atomic mass is 19.1. The maximum Gasteiger partial charge on any atom is 0.232 e. The van der Waals surface area contributed by atoms with Gasteiger partial charge in [-0.1, -0.05) is 24.3 Å². The molecule has 124 valence electrons. The van der Waals surface area contributed by atoms with Crippen LogP contribution in [0.15, 0.2) is 42.5 Å². The summed E-state index contributed by atoms with van der Waals surface area (Å²) in [6.45, 7) is 1.61. The number of halogens is 2. The van der Waals surface area contributed by atoms with E-state index in [1.165, 1.54) is 6.07 Å². The van der Waals surface area contributed by atoms with Crippen molar-refractivity contribution in [1.82, 2.24) is 5.32 Å². The Bertz CT molecular complexity index is 807. The molecule has 2 amide bonds. The van der Waals surface area contributed by atoms with Crippen molar-refractivity contribution < 1.29 is 18.4 Å². The molecule has 2 N–H and O–H groups in total. The number of carbonyl (C=O) groups is 2. The second kappa shape index (κ2) is 6.39. The largest absolute Gasteiger partial charge is 0.349 e. The fourth-order valence-corrected chi connectivity index (χ4v) is 2.89. The van der Waals surface area contributed by atoms with Crippen LogP contribution in [0, 0.1) is 11.6 Å². The fraction of sp³-hybridized carbons (Fsp3) is 0.222. The molecule has 4 nitrogen and oxygen atoms in total. The Kier molecular flexibility index (Phi) is 4.29. The van der Waals surface area contributed by atoms with Crippen LogP contribution >= 0.6 is 0 Å². The number of para-hydroxylation sites is 1. The van der Waals surface area contributed by atoms with Crippen molar-refractivity contribution in [2.45, 2.75) is 25.3 Å². The Balaban J connectivity index is 1.69. The molecule has 0 unspecified atom stereocenters. The molecule has 24 heavy (non-hydrogen) atoms. The van der Waals surface area contributed by atoms with E-state index in [0.717, 1.165) is 17.7 Å². The van der Waals surface area contributed by atoms with Gasteiger partial charge in [-0.3, -0.25) is 9.59 Å². The molecule has 0 fully saturated rings. The summed E-state index contributed by atoms with van der Waals surface area (Å²) in [5.74, 6) is -2.55. The van der Waals surface area contributed by atoms with E-state index in [9.17, 15) is 18.4 Å². The van der Waals surface area contributed by atoms with Crippen molar-refractivity contribution in [3.8, 4) is 0 Å². The number of hydrogen-bond donors (Lipinski definition) is 2. The third-order valence-electron chi connectivity index (χ3n) is 4.11. The van der Waals surface area contributed by atoms with E-state index < -0.39 is 23.6 Å². The molecule has 6 heteroatoms. The van der Waals surface area contributed by atoms with Crippen LogP contribution in [0.4, 0.5) is 14.5 Å². The molecule has 3 rings (SSSR count). The molecule has 0 saturated heterocycles. The Morgan fingerprint density at radius 2 is 2.00 bits per heavy atom. The Labute approximate surface area is 137 Å². The molecule has 0 bridgehead atoms. The first-order chi connectivity index (χ1) is 11.5. The van der Waals surface area contributed by atoms with Crippen molar-refractivity contribution in [3.05, 3.63) is 65.2 Å². The zero-order chi connectivity index (χ0) is 17.3. The number of anilines is 1. The molecule has 1 aliphatic rings. The Morgan fingerprint density at radius 3 is 2.75 bits per heavy atom. The molecular weight excluding hydrogens is 314 g/mol. The lowest BCUT2D eigenvalue weighted by atomic mass is 9.96. The molecule has 0 spiro atoms. The Hall–Kier alpha value is -2.76. The Morgan fingerprint density at radius 1 is 1.25 bits per heavy atom. The van der Waals surface area contributed by atoms with Crippen LogP contribution in [0.3, 0.4) is 0 Å².